The lowest BCUT2D eigenvalue weighted by molar-refractivity contribution is 0.171. The standard InChI is InChI=1S/C12H16N2O/c1-10(9-15-2)14-8-12-5-3-4-11(6-12)7-13/h3-6,10,14H,8-9H2,1-2H3/t10-/m0/s1. The molecule has 0 aliphatic heterocycles. The van der Waals surface area contributed by atoms with Crippen molar-refractivity contribution in [1.82, 2.24) is 5.32 Å². The highest BCUT2D eigenvalue weighted by Gasteiger charge is 2.00. The maximum Gasteiger partial charge on any atom is 0.0991 e. The van der Waals surface area contributed by atoms with Gasteiger partial charge in [-0.25, -0.2) is 0 Å². The molecule has 15 heavy (non-hydrogen) atoms. The number of ether oxygens (including phenoxy) is 1. The van der Waals surface area contributed by atoms with Crippen molar-refractivity contribution in [3.63, 3.8) is 0 Å². The van der Waals surface area contributed by atoms with E-state index in [1.807, 2.05) is 24.3 Å². The van der Waals surface area contributed by atoms with Gasteiger partial charge in [0.2, 0.25) is 0 Å². The third-order valence-corrected chi connectivity index (χ3v) is 2.13. The van der Waals surface area contributed by atoms with E-state index in [4.69, 9.17) is 10.00 Å². The molecular formula is C12H16N2O. The molecule has 0 bridgehead atoms. The summed E-state index contributed by atoms with van der Waals surface area (Å²) in [5.41, 5.74) is 1.82. The van der Waals surface area contributed by atoms with E-state index in [0.717, 1.165) is 12.1 Å². The maximum atomic E-state index is 8.73. The first-order valence-corrected chi connectivity index (χ1v) is 4.97. The Morgan fingerprint density at radius 2 is 2.33 bits per heavy atom. The molecule has 1 aromatic rings. The van der Waals surface area contributed by atoms with Gasteiger partial charge in [0, 0.05) is 19.7 Å². The maximum absolute atomic E-state index is 8.73. The summed E-state index contributed by atoms with van der Waals surface area (Å²) >= 11 is 0. The molecule has 0 spiro atoms. The highest BCUT2D eigenvalue weighted by molar-refractivity contribution is 5.32. The molecule has 1 rings (SSSR count). The molecule has 0 fully saturated rings. The van der Waals surface area contributed by atoms with E-state index in [0.29, 0.717) is 18.2 Å². The average molecular weight is 204 g/mol. The molecule has 3 nitrogen and oxygen atoms in total. The summed E-state index contributed by atoms with van der Waals surface area (Å²) in [7, 11) is 1.69. The average Bonchev–Trinajstić information content (AvgIpc) is 2.27. The predicted octanol–water partition coefficient (Wildman–Crippen LogP) is 1.68. The van der Waals surface area contributed by atoms with Crippen LogP contribution >= 0.6 is 0 Å². The SMILES string of the molecule is COC[C@H](C)NCc1cccc(C#N)c1. The Morgan fingerprint density at radius 1 is 1.53 bits per heavy atom. The summed E-state index contributed by atoms with van der Waals surface area (Å²) < 4.78 is 5.02. The van der Waals surface area contributed by atoms with Crippen molar-refractivity contribution in [1.29, 1.82) is 5.26 Å². The Hall–Kier alpha value is -1.37. The molecule has 1 atom stereocenters. The fourth-order valence-corrected chi connectivity index (χ4v) is 1.35. The summed E-state index contributed by atoms with van der Waals surface area (Å²) in [5, 5.41) is 12.0. The lowest BCUT2D eigenvalue weighted by atomic mass is 10.1. The quantitative estimate of drug-likeness (QED) is 0.793. The van der Waals surface area contributed by atoms with Crippen LogP contribution in [-0.2, 0) is 11.3 Å². The molecule has 0 amide bonds. The van der Waals surface area contributed by atoms with Crippen LogP contribution in [0.4, 0.5) is 0 Å². The number of methoxy groups -OCH3 is 1. The fraction of sp³-hybridized carbons (Fsp3) is 0.417. The van der Waals surface area contributed by atoms with Gasteiger partial charge in [-0.15, -0.1) is 0 Å². The topological polar surface area (TPSA) is 45.0 Å². The number of benzene rings is 1. The van der Waals surface area contributed by atoms with Gasteiger partial charge in [-0.2, -0.15) is 5.26 Å². The minimum absolute atomic E-state index is 0.320. The third kappa shape index (κ3) is 4.11. The Morgan fingerprint density at radius 3 is 3.00 bits per heavy atom. The van der Waals surface area contributed by atoms with E-state index in [-0.39, 0.29) is 0 Å². The summed E-state index contributed by atoms with van der Waals surface area (Å²) in [5.74, 6) is 0. The first-order chi connectivity index (χ1) is 7.26. The Bertz CT molecular complexity index is 344. The number of hydrogen-bond donors (Lipinski definition) is 1. The monoisotopic (exact) mass is 204 g/mol. The molecule has 1 N–H and O–H groups in total. The second-order valence-electron chi connectivity index (χ2n) is 3.55. The number of nitrogens with zero attached hydrogens (tertiary/aromatic N) is 1. The summed E-state index contributed by atoms with van der Waals surface area (Å²) in [4.78, 5) is 0. The normalized spacial score (nSPS) is 12.1. The van der Waals surface area contributed by atoms with E-state index in [9.17, 15) is 0 Å². The van der Waals surface area contributed by atoms with E-state index in [1.165, 1.54) is 0 Å². The highest BCUT2D eigenvalue weighted by Crippen LogP contribution is 2.03. The van der Waals surface area contributed by atoms with Crippen LogP contribution in [0.5, 0.6) is 0 Å². The van der Waals surface area contributed by atoms with Crippen molar-refractivity contribution in [2.75, 3.05) is 13.7 Å². The van der Waals surface area contributed by atoms with Crippen molar-refractivity contribution in [3.05, 3.63) is 35.4 Å². The second kappa shape index (κ2) is 6.18. The van der Waals surface area contributed by atoms with Crippen LogP contribution in [0.2, 0.25) is 0 Å². The van der Waals surface area contributed by atoms with Gasteiger partial charge in [0.25, 0.3) is 0 Å². The van der Waals surface area contributed by atoms with Crippen LogP contribution in [0.1, 0.15) is 18.1 Å². The predicted molar refractivity (Wildman–Crippen MR) is 59.3 cm³/mol. The van der Waals surface area contributed by atoms with Crippen molar-refractivity contribution >= 4 is 0 Å². The number of nitriles is 1. The molecule has 0 aliphatic rings. The van der Waals surface area contributed by atoms with Crippen LogP contribution in [0, 0.1) is 11.3 Å². The molecule has 0 aromatic heterocycles. The van der Waals surface area contributed by atoms with Gasteiger partial charge >= 0.3 is 0 Å². The molecule has 0 radical (unpaired) electrons. The molecule has 80 valence electrons. The molecule has 0 saturated carbocycles. The van der Waals surface area contributed by atoms with E-state index < -0.39 is 0 Å². The zero-order valence-electron chi connectivity index (χ0n) is 9.16. The lowest BCUT2D eigenvalue weighted by Crippen LogP contribution is -2.29. The van der Waals surface area contributed by atoms with E-state index >= 15 is 0 Å². The van der Waals surface area contributed by atoms with Crippen LogP contribution in [-0.4, -0.2) is 19.8 Å². The third-order valence-electron chi connectivity index (χ3n) is 2.13. The largest absolute Gasteiger partial charge is 0.383 e. The van der Waals surface area contributed by atoms with Crippen LogP contribution in [0.25, 0.3) is 0 Å². The molecule has 0 unspecified atom stereocenters. The van der Waals surface area contributed by atoms with Gasteiger partial charge in [0.05, 0.1) is 18.2 Å². The van der Waals surface area contributed by atoms with Crippen molar-refractivity contribution in [3.8, 4) is 6.07 Å². The number of nitrogens with one attached hydrogen (secondary N) is 1. The van der Waals surface area contributed by atoms with Crippen molar-refractivity contribution < 1.29 is 4.74 Å². The number of hydrogen-bond acceptors (Lipinski definition) is 3. The summed E-state index contributed by atoms with van der Waals surface area (Å²) in [6.07, 6.45) is 0. The van der Waals surface area contributed by atoms with Gasteiger partial charge in [0.1, 0.15) is 0 Å². The van der Waals surface area contributed by atoms with Crippen LogP contribution < -0.4 is 5.32 Å². The molecule has 0 saturated heterocycles. The van der Waals surface area contributed by atoms with Gasteiger partial charge < -0.3 is 10.1 Å². The first kappa shape index (κ1) is 11.7. The van der Waals surface area contributed by atoms with Gasteiger partial charge in [-0.1, -0.05) is 12.1 Å². The van der Waals surface area contributed by atoms with Gasteiger partial charge in [-0.05, 0) is 24.6 Å². The van der Waals surface area contributed by atoms with E-state index in [2.05, 4.69) is 18.3 Å². The van der Waals surface area contributed by atoms with Crippen LogP contribution in [0.15, 0.2) is 24.3 Å². The number of rotatable bonds is 5. The van der Waals surface area contributed by atoms with E-state index in [1.54, 1.807) is 7.11 Å². The highest BCUT2D eigenvalue weighted by atomic mass is 16.5. The van der Waals surface area contributed by atoms with Gasteiger partial charge in [0.15, 0.2) is 0 Å². The molecular weight excluding hydrogens is 188 g/mol. The lowest BCUT2D eigenvalue weighted by Gasteiger charge is -2.12. The van der Waals surface area contributed by atoms with Crippen molar-refractivity contribution in [2.45, 2.75) is 19.5 Å². The minimum Gasteiger partial charge on any atom is -0.383 e. The smallest absolute Gasteiger partial charge is 0.0991 e. The fourth-order valence-electron chi connectivity index (χ4n) is 1.35. The first-order valence-electron chi connectivity index (χ1n) is 4.97. The Balaban J connectivity index is 2.47. The van der Waals surface area contributed by atoms with Gasteiger partial charge in [-0.3, -0.25) is 0 Å². The van der Waals surface area contributed by atoms with Crippen molar-refractivity contribution in [2.24, 2.45) is 0 Å². The van der Waals surface area contributed by atoms with Crippen LogP contribution in [0.3, 0.4) is 0 Å². The summed E-state index contributed by atoms with van der Waals surface area (Å²) in [6, 6.07) is 10.1. The molecule has 0 heterocycles. The molecule has 0 aliphatic carbocycles. The minimum atomic E-state index is 0.320. The Labute approximate surface area is 90.7 Å². The molecule has 3 heteroatoms. The molecule has 1 aromatic carbocycles. The Kier molecular flexibility index (Phi) is 4.82. The zero-order valence-corrected chi connectivity index (χ0v) is 9.16. The second-order valence-corrected chi connectivity index (χ2v) is 3.55. The zero-order chi connectivity index (χ0) is 11.1. The summed E-state index contributed by atoms with van der Waals surface area (Å²) in [6.45, 7) is 3.52.